The molecule has 2 heteroatoms. The van der Waals surface area contributed by atoms with Gasteiger partial charge in [-0.05, 0) is 31.5 Å². The van der Waals surface area contributed by atoms with Crippen LogP contribution in [0.25, 0.3) is 21.8 Å². The first kappa shape index (κ1) is 23.8. The highest BCUT2D eigenvalue weighted by molar-refractivity contribution is 7.00. The second-order valence-corrected chi connectivity index (χ2v) is 14.8. The molecular formula is C31H41NSi. The zero-order valence-electron chi connectivity index (χ0n) is 21.2. The fraction of sp³-hybridized carbons (Fsp3) is 0.419. The minimum atomic E-state index is -1.72. The van der Waals surface area contributed by atoms with Crippen molar-refractivity contribution in [3.63, 3.8) is 0 Å². The predicted molar refractivity (Wildman–Crippen MR) is 150 cm³/mol. The molecule has 0 aliphatic carbocycles. The Morgan fingerprint density at radius 1 is 0.636 bits per heavy atom. The zero-order chi connectivity index (χ0) is 23.3. The van der Waals surface area contributed by atoms with Gasteiger partial charge in [-0.15, -0.1) is 0 Å². The molecule has 0 aliphatic heterocycles. The van der Waals surface area contributed by atoms with Crippen molar-refractivity contribution in [3.8, 4) is 0 Å². The summed E-state index contributed by atoms with van der Waals surface area (Å²) in [6.07, 6.45) is 10.9. The number of nitrogens with zero attached hydrogens (tertiary/aromatic N) is 1. The minimum absolute atomic E-state index is 1.12. The van der Waals surface area contributed by atoms with Crippen LogP contribution in [0, 0.1) is 6.92 Å². The van der Waals surface area contributed by atoms with Crippen LogP contribution in [0.4, 0.5) is 0 Å². The van der Waals surface area contributed by atoms with Crippen LogP contribution in [0.1, 0.15) is 63.9 Å². The summed E-state index contributed by atoms with van der Waals surface area (Å²) in [5.41, 5.74) is 4.15. The van der Waals surface area contributed by atoms with Gasteiger partial charge in [-0.25, -0.2) is 0 Å². The lowest BCUT2D eigenvalue weighted by atomic mass is 10.1. The Hall–Kier alpha value is -2.32. The number of aromatic nitrogens is 1. The fourth-order valence-electron chi connectivity index (χ4n) is 5.27. The molecule has 4 rings (SSSR count). The van der Waals surface area contributed by atoms with Gasteiger partial charge in [-0.3, -0.25) is 0 Å². The first-order valence-electron chi connectivity index (χ1n) is 13.1. The molecule has 0 N–H and O–H groups in total. The molecule has 4 aromatic rings. The van der Waals surface area contributed by atoms with Gasteiger partial charge in [-0.2, -0.15) is 0 Å². The number of fused-ring (bicyclic) bond motifs is 3. The molecule has 0 atom stereocenters. The van der Waals surface area contributed by atoms with E-state index in [1.807, 2.05) is 0 Å². The largest absolute Gasteiger partial charge is 0.340 e. The normalized spacial score (nSPS) is 12.1. The van der Waals surface area contributed by atoms with Gasteiger partial charge in [0.2, 0.25) is 0 Å². The number of unbranched alkanes of at least 4 members (excludes halogenated alkanes) is 7. The van der Waals surface area contributed by atoms with Crippen molar-refractivity contribution in [2.75, 3.05) is 0 Å². The third-order valence-electron chi connectivity index (χ3n) is 7.47. The molecule has 0 amide bonds. The van der Waals surface area contributed by atoms with Crippen LogP contribution in [-0.4, -0.2) is 12.6 Å². The van der Waals surface area contributed by atoms with Crippen LogP contribution in [0.2, 0.25) is 13.1 Å². The van der Waals surface area contributed by atoms with Crippen LogP contribution >= 0.6 is 0 Å². The molecule has 0 saturated heterocycles. The Labute approximate surface area is 201 Å². The summed E-state index contributed by atoms with van der Waals surface area (Å²) in [5, 5.41) is 5.88. The maximum atomic E-state index is 2.59. The van der Waals surface area contributed by atoms with Crippen LogP contribution in [0.5, 0.6) is 0 Å². The monoisotopic (exact) mass is 455 g/mol. The van der Waals surface area contributed by atoms with Crippen molar-refractivity contribution >= 4 is 40.3 Å². The van der Waals surface area contributed by atoms with Crippen molar-refractivity contribution in [3.05, 3.63) is 72.3 Å². The van der Waals surface area contributed by atoms with Gasteiger partial charge < -0.3 is 4.57 Å². The lowest BCUT2D eigenvalue weighted by Gasteiger charge is -2.24. The van der Waals surface area contributed by atoms with Crippen LogP contribution in [-0.2, 0) is 6.54 Å². The Balaban J connectivity index is 1.60. The molecule has 174 valence electrons. The highest BCUT2D eigenvalue weighted by Crippen LogP contribution is 2.30. The summed E-state index contributed by atoms with van der Waals surface area (Å²) in [6, 6.07) is 25.5. The fourth-order valence-corrected chi connectivity index (χ4v) is 7.64. The van der Waals surface area contributed by atoms with Crippen LogP contribution in [0.3, 0.4) is 0 Å². The van der Waals surface area contributed by atoms with E-state index in [0.717, 1.165) is 6.54 Å². The van der Waals surface area contributed by atoms with Crippen molar-refractivity contribution in [1.29, 1.82) is 0 Å². The summed E-state index contributed by atoms with van der Waals surface area (Å²) in [5.74, 6) is 0. The lowest BCUT2D eigenvalue weighted by molar-refractivity contribution is 0.553. The van der Waals surface area contributed by atoms with E-state index in [0.29, 0.717) is 0 Å². The molecule has 3 aromatic carbocycles. The third kappa shape index (κ3) is 5.27. The topological polar surface area (TPSA) is 4.93 Å². The quantitative estimate of drug-likeness (QED) is 0.159. The van der Waals surface area contributed by atoms with E-state index in [9.17, 15) is 0 Å². The summed E-state index contributed by atoms with van der Waals surface area (Å²) < 4.78 is 2.59. The van der Waals surface area contributed by atoms with Crippen molar-refractivity contribution in [1.82, 2.24) is 4.57 Å². The third-order valence-corrected chi connectivity index (χ3v) is 11.0. The first-order chi connectivity index (χ1) is 16.0. The van der Waals surface area contributed by atoms with Crippen molar-refractivity contribution in [2.45, 2.75) is 84.9 Å². The van der Waals surface area contributed by atoms with Gasteiger partial charge >= 0.3 is 0 Å². The van der Waals surface area contributed by atoms with Crippen LogP contribution < -0.4 is 10.4 Å². The van der Waals surface area contributed by atoms with E-state index in [4.69, 9.17) is 0 Å². The van der Waals surface area contributed by atoms with Gasteiger partial charge in [0.1, 0.15) is 8.07 Å². The van der Waals surface area contributed by atoms with E-state index < -0.39 is 8.07 Å². The Bertz CT molecular complexity index is 1190. The molecule has 1 heterocycles. The molecular weight excluding hydrogens is 414 g/mol. The number of hydrogen-bond donors (Lipinski definition) is 0. The highest BCUT2D eigenvalue weighted by atomic mass is 28.3. The molecule has 33 heavy (non-hydrogen) atoms. The summed E-state index contributed by atoms with van der Waals surface area (Å²) in [6.45, 7) is 10.6. The van der Waals surface area contributed by atoms with Crippen LogP contribution in [0.15, 0.2) is 66.7 Å². The molecule has 0 spiro atoms. The average Bonchev–Trinajstić information content (AvgIpc) is 3.13. The van der Waals surface area contributed by atoms with E-state index >= 15 is 0 Å². The van der Waals surface area contributed by atoms with Gasteiger partial charge in [-0.1, -0.05) is 129 Å². The van der Waals surface area contributed by atoms with E-state index in [1.54, 1.807) is 0 Å². The first-order valence-corrected chi connectivity index (χ1v) is 16.1. The molecule has 0 unspecified atom stereocenters. The van der Waals surface area contributed by atoms with Crippen molar-refractivity contribution < 1.29 is 0 Å². The minimum Gasteiger partial charge on any atom is -0.340 e. The number of benzene rings is 3. The van der Waals surface area contributed by atoms with Gasteiger partial charge in [0.15, 0.2) is 0 Å². The van der Waals surface area contributed by atoms with E-state index in [2.05, 4.69) is 98.2 Å². The summed E-state index contributed by atoms with van der Waals surface area (Å²) in [7, 11) is -1.72. The van der Waals surface area contributed by atoms with Crippen molar-refractivity contribution in [2.24, 2.45) is 0 Å². The average molecular weight is 456 g/mol. The predicted octanol–water partition coefficient (Wildman–Crippen LogP) is 8.07. The highest BCUT2D eigenvalue weighted by Gasteiger charge is 2.26. The Kier molecular flexibility index (Phi) is 7.75. The molecule has 0 aliphatic rings. The molecule has 0 bridgehead atoms. The Morgan fingerprint density at radius 3 is 1.94 bits per heavy atom. The smallest absolute Gasteiger partial charge is 0.112 e. The standard InChI is InChI=1S/C31H41NSi/c1-5-6-7-8-9-10-11-15-22-32-30-20-18-25(2)23-28(30)29-24-27(19-21-31(29)32)33(3,4)26-16-13-12-14-17-26/h12-14,16-21,23-24H,5-11,15,22H2,1-4H3. The second kappa shape index (κ2) is 10.7. The molecule has 1 aromatic heterocycles. The molecule has 0 fully saturated rings. The lowest BCUT2D eigenvalue weighted by Crippen LogP contribution is -2.52. The Morgan fingerprint density at radius 2 is 1.24 bits per heavy atom. The van der Waals surface area contributed by atoms with Gasteiger partial charge in [0.05, 0.1) is 0 Å². The number of rotatable bonds is 11. The maximum Gasteiger partial charge on any atom is 0.112 e. The second-order valence-electron chi connectivity index (χ2n) is 10.4. The number of hydrogen-bond acceptors (Lipinski definition) is 0. The van der Waals surface area contributed by atoms with Gasteiger partial charge in [0, 0.05) is 28.4 Å². The molecule has 0 saturated carbocycles. The summed E-state index contributed by atoms with van der Waals surface area (Å²) >= 11 is 0. The maximum absolute atomic E-state index is 2.59. The van der Waals surface area contributed by atoms with E-state index in [-0.39, 0.29) is 0 Å². The number of aryl methyl sites for hydroxylation is 2. The molecule has 1 nitrogen and oxygen atoms in total. The molecule has 0 radical (unpaired) electrons. The SMILES string of the molecule is CCCCCCCCCCn1c2ccc(C)cc2c2cc([Si](C)(C)c3ccccc3)ccc21. The summed E-state index contributed by atoms with van der Waals surface area (Å²) in [4.78, 5) is 0. The zero-order valence-corrected chi connectivity index (χ0v) is 22.2. The van der Waals surface area contributed by atoms with E-state index in [1.165, 1.54) is 89.1 Å². The van der Waals surface area contributed by atoms with Gasteiger partial charge in [0.25, 0.3) is 0 Å².